The van der Waals surface area contributed by atoms with Crippen LogP contribution in [0, 0.1) is 0 Å². The largest absolute Gasteiger partial charge is 0.462 e. The summed E-state index contributed by atoms with van der Waals surface area (Å²) in [5, 5.41) is 0. The van der Waals surface area contributed by atoms with E-state index in [-0.39, 0.29) is 31.1 Å². The van der Waals surface area contributed by atoms with Crippen molar-refractivity contribution in [3.8, 4) is 0 Å². The molecular weight excluding hydrogens is 937 g/mol. The zero-order chi connectivity index (χ0) is 55.0. The first kappa shape index (κ1) is 73.9. The highest BCUT2D eigenvalue weighted by Gasteiger charge is 2.19. The lowest BCUT2D eigenvalue weighted by Crippen LogP contribution is -2.30. The number of carbonyl (C=O) groups excluding carboxylic acids is 3. The van der Waals surface area contributed by atoms with Gasteiger partial charge in [-0.25, -0.2) is 0 Å². The highest BCUT2D eigenvalue weighted by Crippen LogP contribution is 2.19. The minimum atomic E-state index is -0.774. The van der Waals surface area contributed by atoms with Crippen molar-refractivity contribution in [2.45, 2.75) is 393 Å². The smallest absolute Gasteiger partial charge is 0.306 e. The van der Waals surface area contributed by atoms with Crippen molar-refractivity contribution in [1.82, 2.24) is 0 Å². The number of carbonyl (C=O) groups is 3. The van der Waals surface area contributed by atoms with E-state index in [0.717, 1.165) is 77.0 Å². The van der Waals surface area contributed by atoms with Gasteiger partial charge in [0.2, 0.25) is 0 Å². The molecule has 0 aliphatic rings. The van der Waals surface area contributed by atoms with E-state index < -0.39 is 6.10 Å². The van der Waals surface area contributed by atoms with Gasteiger partial charge in [-0.2, -0.15) is 0 Å². The minimum absolute atomic E-state index is 0.0693. The van der Waals surface area contributed by atoms with Crippen molar-refractivity contribution in [1.29, 1.82) is 0 Å². The molecule has 0 aromatic carbocycles. The maximum Gasteiger partial charge on any atom is 0.306 e. The molecule has 1 atom stereocenters. The van der Waals surface area contributed by atoms with E-state index in [1.165, 1.54) is 270 Å². The Balaban J connectivity index is 4.26. The van der Waals surface area contributed by atoms with Gasteiger partial charge >= 0.3 is 17.9 Å². The summed E-state index contributed by atoms with van der Waals surface area (Å²) < 4.78 is 17.0. The van der Waals surface area contributed by atoms with Crippen molar-refractivity contribution < 1.29 is 28.6 Å². The van der Waals surface area contributed by atoms with E-state index >= 15 is 0 Å². The molecule has 0 radical (unpaired) electrons. The Hall–Kier alpha value is -2.11. The van der Waals surface area contributed by atoms with Gasteiger partial charge in [-0.05, 0) is 51.4 Å². The molecule has 0 aliphatic heterocycles. The van der Waals surface area contributed by atoms with E-state index in [1.807, 2.05) is 0 Å². The summed E-state index contributed by atoms with van der Waals surface area (Å²) in [5.41, 5.74) is 0. The molecule has 0 aromatic rings. The molecule has 448 valence electrons. The first-order chi connectivity index (χ1) is 37.5. The molecule has 0 fully saturated rings. The first-order valence-electron chi connectivity index (χ1n) is 34.3. The fourth-order valence-electron chi connectivity index (χ4n) is 10.5. The predicted molar refractivity (Wildman–Crippen MR) is 330 cm³/mol. The Kier molecular flexibility index (Phi) is 63.6. The third kappa shape index (κ3) is 62.7. The van der Waals surface area contributed by atoms with Crippen LogP contribution < -0.4 is 0 Å². The van der Waals surface area contributed by atoms with Gasteiger partial charge in [-0.15, -0.1) is 0 Å². The van der Waals surface area contributed by atoms with Gasteiger partial charge in [-0.3, -0.25) is 14.4 Å². The van der Waals surface area contributed by atoms with E-state index in [2.05, 4.69) is 45.1 Å². The van der Waals surface area contributed by atoms with Crippen LogP contribution in [0.3, 0.4) is 0 Å². The van der Waals surface area contributed by atoms with Crippen LogP contribution in [0.2, 0.25) is 0 Å². The predicted octanol–water partition coefficient (Wildman–Crippen LogP) is 23.4. The number of unbranched alkanes of at least 4 members (excludes halogenated alkanes) is 49. The molecule has 6 heteroatoms. The normalized spacial score (nSPS) is 12.1. The van der Waals surface area contributed by atoms with Crippen LogP contribution in [-0.4, -0.2) is 37.2 Å². The molecular formula is C70H132O6. The maximum absolute atomic E-state index is 12.9. The van der Waals surface area contributed by atoms with E-state index in [9.17, 15) is 14.4 Å². The van der Waals surface area contributed by atoms with Crippen molar-refractivity contribution in [2.75, 3.05) is 13.2 Å². The second-order valence-electron chi connectivity index (χ2n) is 23.5. The molecule has 1 unspecified atom stereocenters. The van der Waals surface area contributed by atoms with Gasteiger partial charge < -0.3 is 14.2 Å². The molecule has 0 aliphatic carbocycles. The fourth-order valence-corrected chi connectivity index (χ4v) is 10.5. The highest BCUT2D eigenvalue weighted by atomic mass is 16.6. The Labute approximate surface area is 474 Å². The van der Waals surface area contributed by atoms with Gasteiger partial charge in [-0.1, -0.05) is 340 Å². The zero-order valence-corrected chi connectivity index (χ0v) is 51.6. The van der Waals surface area contributed by atoms with E-state index in [1.54, 1.807) is 0 Å². The summed E-state index contributed by atoms with van der Waals surface area (Å²) >= 11 is 0. The molecule has 0 saturated heterocycles. The van der Waals surface area contributed by atoms with Crippen LogP contribution in [0.15, 0.2) is 24.3 Å². The number of rotatable bonds is 64. The summed E-state index contributed by atoms with van der Waals surface area (Å²) in [4.78, 5) is 38.4. The maximum atomic E-state index is 12.9. The summed E-state index contributed by atoms with van der Waals surface area (Å²) in [7, 11) is 0. The van der Waals surface area contributed by atoms with Crippen LogP contribution in [0.5, 0.6) is 0 Å². The molecule has 76 heavy (non-hydrogen) atoms. The van der Waals surface area contributed by atoms with Gasteiger partial charge in [0.1, 0.15) is 13.2 Å². The van der Waals surface area contributed by atoms with Crippen molar-refractivity contribution in [3.63, 3.8) is 0 Å². The van der Waals surface area contributed by atoms with Gasteiger partial charge in [0.05, 0.1) is 0 Å². The third-order valence-corrected chi connectivity index (χ3v) is 15.7. The molecule has 0 aromatic heterocycles. The molecule has 0 N–H and O–H groups in total. The minimum Gasteiger partial charge on any atom is -0.462 e. The van der Waals surface area contributed by atoms with Crippen LogP contribution in [0.4, 0.5) is 0 Å². The quantitative estimate of drug-likeness (QED) is 0.0261. The summed E-state index contributed by atoms with van der Waals surface area (Å²) in [6.45, 7) is 6.69. The lowest BCUT2D eigenvalue weighted by Gasteiger charge is -2.18. The number of hydrogen-bond acceptors (Lipinski definition) is 6. The highest BCUT2D eigenvalue weighted by molar-refractivity contribution is 5.71. The number of esters is 3. The molecule has 6 nitrogen and oxygen atoms in total. The average molecular weight is 1070 g/mol. The second kappa shape index (κ2) is 65.4. The molecule has 0 spiro atoms. The lowest BCUT2D eigenvalue weighted by molar-refractivity contribution is -0.167. The van der Waals surface area contributed by atoms with Crippen molar-refractivity contribution in [3.05, 3.63) is 24.3 Å². The van der Waals surface area contributed by atoms with Gasteiger partial charge in [0.15, 0.2) is 6.10 Å². The van der Waals surface area contributed by atoms with Crippen molar-refractivity contribution in [2.24, 2.45) is 0 Å². The summed E-state index contributed by atoms with van der Waals surface area (Å²) in [5.74, 6) is -0.852. The van der Waals surface area contributed by atoms with Crippen molar-refractivity contribution >= 4 is 17.9 Å². The van der Waals surface area contributed by atoms with Crippen LogP contribution in [0.1, 0.15) is 387 Å². The average Bonchev–Trinajstić information content (AvgIpc) is 3.42. The molecule has 0 bridgehead atoms. The van der Waals surface area contributed by atoms with Crippen LogP contribution >= 0.6 is 0 Å². The SMILES string of the molecule is CCCCC/C=C\C/C=C\CCCCCCCC(=O)OCC(COC(=O)CCCCCCCCCCCCCCCCCCCCCCCCCC)OC(=O)CCCCCCCCCCCCCCCCCCCCC. The molecule has 0 amide bonds. The number of ether oxygens (including phenoxy) is 3. The monoisotopic (exact) mass is 1070 g/mol. The van der Waals surface area contributed by atoms with E-state index in [4.69, 9.17) is 14.2 Å². The van der Waals surface area contributed by atoms with E-state index in [0.29, 0.717) is 19.3 Å². The Morgan fingerprint density at radius 3 is 0.750 bits per heavy atom. The Morgan fingerprint density at radius 2 is 0.474 bits per heavy atom. The molecule has 0 heterocycles. The summed E-state index contributed by atoms with van der Waals surface area (Å²) in [6, 6.07) is 0. The van der Waals surface area contributed by atoms with Gasteiger partial charge in [0, 0.05) is 19.3 Å². The third-order valence-electron chi connectivity index (χ3n) is 15.7. The van der Waals surface area contributed by atoms with Crippen LogP contribution in [0.25, 0.3) is 0 Å². The molecule has 0 saturated carbocycles. The summed E-state index contributed by atoms with van der Waals surface area (Å²) in [6.07, 6.45) is 79.1. The topological polar surface area (TPSA) is 78.9 Å². The van der Waals surface area contributed by atoms with Crippen LogP contribution in [-0.2, 0) is 28.6 Å². The molecule has 0 rings (SSSR count). The fraction of sp³-hybridized carbons (Fsp3) is 0.900. The number of hydrogen-bond donors (Lipinski definition) is 0. The van der Waals surface area contributed by atoms with Gasteiger partial charge in [0.25, 0.3) is 0 Å². The zero-order valence-electron chi connectivity index (χ0n) is 51.6. The standard InChI is InChI=1S/C70H132O6/c1-4-7-10-13-16-19-22-25-28-30-32-33-34-35-36-38-39-42-45-48-51-54-57-60-63-69(72)75-66-67(65-74-68(71)62-59-56-53-50-47-44-41-27-24-21-18-15-12-9-6-3)76-70(73)64-61-58-55-52-49-46-43-40-37-31-29-26-23-20-17-14-11-8-5-2/h18,21,27,41,67H,4-17,19-20,22-26,28-40,42-66H2,1-3H3/b21-18-,41-27-. The Morgan fingerprint density at radius 1 is 0.263 bits per heavy atom. The number of allylic oxidation sites excluding steroid dienone is 4. The lowest BCUT2D eigenvalue weighted by atomic mass is 10.0. The first-order valence-corrected chi connectivity index (χ1v) is 34.3. The Bertz CT molecular complexity index is 1230. The second-order valence-corrected chi connectivity index (χ2v) is 23.5.